The van der Waals surface area contributed by atoms with E-state index in [1.807, 2.05) is 0 Å². The van der Waals surface area contributed by atoms with Crippen LogP contribution < -0.4 is 0 Å². The molecule has 0 heterocycles. The fraction of sp³-hybridized carbons (Fsp3) is 0.870. The van der Waals surface area contributed by atoms with E-state index in [1.54, 1.807) is 0 Å². The van der Waals surface area contributed by atoms with Crippen LogP contribution in [-0.2, 0) is 32.7 Å². The third kappa shape index (κ3) is 42.4. The van der Waals surface area contributed by atoms with Gasteiger partial charge in [-0.3, -0.25) is 18.6 Å². The molecule has 3 atom stereocenters. The lowest BCUT2D eigenvalue weighted by Gasteiger charge is -2.20. The summed E-state index contributed by atoms with van der Waals surface area (Å²) in [6.45, 7) is 2.35. The van der Waals surface area contributed by atoms with E-state index < -0.39 is 51.8 Å². The van der Waals surface area contributed by atoms with E-state index in [4.69, 9.17) is 19.1 Å². The molecule has 57 heavy (non-hydrogen) atoms. The highest BCUT2D eigenvalue weighted by Crippen LogP contribution is 2.43. The SMILES string of the molecule is CCCCCCCCCCCCCCCC/C=C/CC/C=C/CCCC(=O)OC[C@@H](COP(=O)(O)OC[C@H](O)CO)OC(=O)CCCCCCCCCCCCC. The summed E-state index contributed by atoms with van der Waals surface area (Å²) in [4.78, 5) is 34.9. The van der Waals surface area contributed by atoms with E-state index in [0.717, 1.165) is 44.9 Å². The molecule has 0 saturated heterocycles. The Morgan fingerprint density at radius 1 is 0.509 bits per heavy atom. The molecule has 0 rings (SSSR count). The Morgan fingerprint density at radius 2 is 0.895 bits per heavy atom. The molecule has 0 aliphatic carbocycles. The Labute approximate surface area is 348 Å². The van der Waals surface area contributed by atoms with Gasteiger partial charge in [-0.1, -0.05) is 186 Å². The third-order valence-corrected chi connectivity index (χ3v) is 11.0. The summed E-state index contributed by atoms with van der Waals surface area (Å²) in [5.41, 5.74) is 0. The third-order valence-electron chi connectivity index (χ3n) is 10.1. The van der Waals surface area contributed by atoms with E-state index in [-0.39, 0.29) is 19.4 Å². The van der Waals surface area contributed by atoms with Crippen molar-refractivity contribution in [1.82, 2.24) is 0 Å². The number of esters is 2. The molecular formula is C46H87O10P. The van der Waals surface area contributed by atoms with E-state index >= 15 is 0 Å². The van der Waals surface area contributed by atoms with Crippen LogP contribution in [-0.4, -0.2) is 65.7 Å². The maximum absolute atomic E-state index is 12.6. The molecule has 0 aromatic rings. The zero-order valence-corrected chi connectivity index (χ0v) is 37.5. The van der Waals surface area contributed by atoms with Crippen molar-refractivity contribution in [2.24, 2.45) is 0 Å². The summed E-state index contributed by atoms with van der Waals surface area (Å²) in [7, 11) is -4.62. The van der Waals surface area contributed by atoms with Crippen LogP contribution in [0.25, 0.3) is 0 Å². The molecule has 0 aliphatic heterocycles. The molecule has 11 heteroatoms. The van der Waals surface area contributed by atoms with Gasteiger partial charge in [0.05, 0.1) is 19.8 Å². The first-order chi connectivity index (χ1) is 27.7. The number of hydrogen-bond acceptors (Lipinski definition) is 9. The standard InChI is InChI=1S/C46H87O10P/c1-3-5-7-9-11-13-15-16-17-18-19-20-21-22-23-24-25-26-28-29-31-33-35-37-45(49)53-41-44(42-55-57(51,52)54-40-43(48)39-47)56-46(50)38-36-34-32-30-27-14-12-10-8-6-4-2/h24-25,29,31,43-44,47-48H,3-23,26-28,30,32-42H2,1-2H3,(H,51,52)/b25-24+,31-29+/t43-,44+/m1/s1. The minimum Gasteiger partial charge on any atom is -0.462 e. The van der Waals surface area contributed by atoms with Crippen LogP contribution in [0.2, 0.25) is 0 Å². The number of ether oxygens (including phenoxy) is 2. The van der Waals surface area contributed by atoms with Crippen molar-refractivity contribution < 1.29 is 47.8 Å². The van der Waals surface area contributed by atoms with E-state index in [1.165, 1.54) is 135 Å². The maximum Gasteiger partial charge on any atom is 0.472 e. The molecule has 0 aromatic carbocycles. The van der Waals surface area contributed by atoms with Gasteiger partial charge in [-0.15, -0.1) is 0 Å². The summed E-state index contributed by atoms with van der Waals surface area (Å²) in [5, 5.41) is 18.3. The summed E-state index contributed by atoms with van der Waals surface area (Å²) in [6, 6.07) is 0. The second kappa shape index (κ2) is 42.6. The lowest BCUT2D eigenvalue weighted by Crippen LogP contribution is -2.29. The van der Waals surface area contributed by atoms with Gasteiger partial charge in [-0.25, -0.2) is 4.57 Å². The fourth-order valence-corrected chi connectivity index (χ4v) is 7.27. The molecule has 0 fully saturated rings. The number of allylic oxidation sites excluding steroid dienone is 4. The Balaban J connectivity index is 4.19. The van der Waals surface area contributed by atoms with Crippen molar-refractivity contribution >= 4 is 19.8 Å². The molecule has 1 unspecified atom stereocenters. The van der Waals surface area contributed by atoms with Crippen molar-refractivity contribution in [1.29, 1.82) is 0 Å². The second-order valence-electron chi connectivity index (χ2n) is 15.8. The fourth-order valence-electron chi connectivity index (χ4n) is 6.48. The number of rotatable bonds is 44. The molecule has 336 valence electrons. The number of carbonyl (C=O) groups is 2. The van der Waals surface area contributed by atoms with Gasteiger partial charge in [-0.05, 0) is 44.9 Å². The molecular weight excluding hydrogens is 743 g/mol. The van der Waals surface area contributed by atoms with Crippen molar-refractivity contribution in [2.45, 2.75) is 232 Å². The monoisotopic (exact) mass is 831 g/mol. The quantitative estimate of drug-likeness (QED) is 0.0234. The summed E-state index contributed by atoms with van der Waals surface area (Å²) in [5.74, 6) is -0.967. The van der Waals surface area contributed by atoms with Gasteiger partial charge in [0.2, 0.25) is 0 Å². The highest BCUT2D eigenvalue weighted by atomic mass is 31.2. The Morgan fingerprint density at radius 3 is 1.37 bits per heavy atom. The molecule has 10 nitrogen and oxygen atoms in total. The number of hydrogen-bond donors (Lipinski definition) is 3. The van der Waals surface area contributed by atoms with Crippen LogP contribution in [0.3, 0.4) is 0 Å². The van der Waals surface area contributed by atoms with Gasteiger partial charge in [0.25, 0.3) is 0 Å². The van der Waals surface area contributed by atoms with Crippen LogP contribution in [0, 0.1) is 0 Å². The second-order valence-corrected chi connectivity index (χ2v) is 17.2. The van der Waals surface area contributed by atoms with Gasteiger partial charge in [0, 0.05) is 12.8 Å². The number of carbonyl (C=O) groups excluding carboxylic acids is 2. The van der Waals surface area contributed by atoms with E-state index in [2.05, 4.69) is 42.7 Å². The minimum absolute atomic E-state index is 0.180. The molecule has 0 aliphatic rings. The number of phosphoric ester groups is 1. The maximum atomic E-state index is 12.6. The van der Waals surface area contributed by atoms with Gasteiger partial charge in [0.1, 0.15) is 12.7 Å². The van der Waals surface area contributed by atoms with E-state index in [9.17, 15) is 24.2 Å². The van der Waals surface area contributed by atoms with Crippen LogP contribution >= 0.6 is 7.82 Å². The summed E-state index contributed by atoms with van der Waals surface area (Å²) >= 11 is 0. The van der Waals surface area contributed by atoms with Crippen molar-refractivity contribution in [3.63, 3.8) is 0 Å². The Hall–Kier alpha value is -1.55. The first-order valence-corrected chi connectivity index (χ1v) is 24.8. The summed E-state index contributed by atoms with van der Waals surface area (Å²) < 4.78 is 32.7. The predicted octanol–water partition coefficient (Wildman–Crippen LogP) is 12.6. The molecule has 0 amide bonds. The average Bonchev–Trinajstić information content (AvgIpc) is 3.20. The zero-order chi connectivity index (χ0) is 41.9. The molecule has 0 aromatic heterocycles. The van der Waals surface area contributed by atoms with Crippen molar-refractivity contribution in [3.05, 3.63) is 24.3 Å². The van der Waals surface area contributed by atoms with Crippen LogP contribution in [0.5, 0.6) is 0 Å². The number of aliphatic hydroxyl groups excluding tert-OH is 2. The number of aliphatic hydroxyl groups is 2. The van der Waals surface area contributed by atoms with Crippen LogP contribution in [0.1, 0.15) is 219 Å². The predicted molar refractivity (Wildman–Crippen MR) is 233 cm³/mol. The van der Waals surface area contributed by atoms with Crippen LogP contribution in [0.15, 0.2) is 24.3 Å². The molecule has 0 spiro atoms. The molecule has 0 saturated carbocycles. The molecule has 0 bridgehead atoms. The largest absolute Gasteiger partial charge is 0.472 e. The molecule has 0 radical (unpaired) electrons. The normalized spacial score (nSPS) is 14.0. The van der Waals surface area contributed by atoms with Crippen molar-refractivity contribution in [3.8, 4) is 0 Å². The molecule has 3 N–H and O–H groups in total. The first kappa shape index (κ1) is 55.5. The van der Waals surface area contributed by atoms with Gasteiger partial charge >= 0.3 is 19.8 Å². The van der Waals surface area contributed by atoms with Crippen molar-refractivity contribution in [2.75, 3.05) is 26.4 Å². The highest BCUT2D eigenvalue weighted by Gasteiger charge is 2.27. The topological polar surface area (TPSA) is 149 Å². The minimum atomic E-state index is -4.62. The van der Waals surface area contributed by atoms with Crippen LogP contribution in [0.4, 0.5) is 0 Å². The Kier molecular flexibility index (Phi) is 41.4. The Bertz CT molecular complexity index is 1000. The van der Waals surface area contributed by atoms with Gasteiger partial charge in [0.15, 0.2) is 6.10 Å². The van der Waals surface area contributed by atoms with Gasteiger partial charge in [-0.2, -0.15) is 0 Å². The summed E-state index contributed by atoms with van der Waals surface area (Å²) in [6.07, 6.45) is 43.1. The van der Waals surface area contributed by atoms with E-state index in [0.29, 0.717) is 12.8 Å². The lowest BCUT2D eigenvalue weighted by molar-refractivity contribution is -0.161. The number of phosphoric acid groups is 1. The average molecular weight is 831 g/mol. The number of unbranched alkanes of at least 4 members (excludes halogenated alkanes) is 26. The highest BCUT2D eigenvalue weighted by molar-refractivity contribution is 7.47. The lowest BCUT2D eigenvalue weighted by atomic mass is 10.0. The zero-order valence-electron chi connectivity index (χ0n) is 36.6. The smallest absolute Gasteiger partial charge is 0.462 e. The van der Waals surface area contributed by atoms with Gasteiger partial charge < -0.3 is 24.6 Å². The first-order valence-electron chi connectivity index (χ1n) is 23.3.